The molecule has 3 aromatic rings. The molecule has 2 aromatic heterocycles. The summed E-state index contributed by atoms with van der Waals surface area (Å²) in [6.07, 6.45) is 9.26. The summed E-state index contributed by atoms with van der Waals surface area (Å²) in [7, 11) is 0. The fraction of sp³-hybridized carbons (Fsp3) is 0.531. The van der Waals surface area contributed by atoms with E-state index in [9.17, 15) is 9.18 Å². The Morgan fingerprint density at radius 3 is 2.70 bits per heavy atom. The number of pyridine rings is 1. The van der Waals surface area contributed by atoms with E-state index in [2.05, 4.69) is 34.9 Å². The summed E-state index contributed by atoms with van der Waals surface area (Å²) in [5.74, 6) is 1.43. The van der Waals surface area contributed by atoms with Crippen LogP contribution in [-0.4, -0.2) is 100 Å². The molecule has 44 heavy (non-hydrogen) atoms. The fourth-order valence-corrected chi connectivity index (χ4v) is 7.54. The molecule has 0 amide bonds. The molecule has 0 atom stereocenters. The van der Waals surface area contributed by atoms with E-state index in [0.717, 1.165) is 95.7 Å². The van der Waals surface area contributed by atoms with Gasteiger partial charge in [-0.3, -0.25) is 19.6 Å². The van der Waals surface area contributed by atoms with Crippen molar-refractivity contribution >= 4 is 12.1 Å². The van der Waals surface area contributed by atoms with Gasteiger partial charge in [-0.25, -0.2) is 9.37 Å². The number of rotatable bonds is 10. The maximum absolute atomic E-state index is 13.6. The van der Waals surface area contributed by atoms with Crippen LogP contribution in [0.4, 0.5) is 10.2 Å². The molecule has 1 aromatic carbocycles. The third-order valence-corrected chi connectivity index (χ3v) is 9.93. The first-order valence-corrected chi connectivity index (χ1v) is 15.6. The molecular formula is C32H36FN7O4. The lowest BCUT2D eigenvalue weighted by Gasteiger charge is -2.58. The van der Waals surface area contributed by atoms with Gasteiger partial charge in [-0.05, 0) is 56.6 Å². The van der Waals surface area contributed by atoms with E-state index in [1.54, 1.807) is 0 Å². The number of aromatic nitrogens is 4. The van der Waals surface area contributed by atoms with Gasteiger partial charge in [-0.1, -0.05) is 0 Å². The molecule has 0 unspecified atom stereocenters. The van der Waals surface area contributed by atoms with E-state index < -0.39 is 5.82 Å². The van der Waals surface area contributed by atoms with Gasteiger partial charge in [-0.15, -0.1) is 10.2 Å². The van der Waals surface area contributed by atoms with Gasteiger partial charge in [-0.2, -0.15) is 0 Å². The minimum Gasteiger partial charge on any atom is -0.490 e. The Morgan fingerprint density at radius 1 is 1.07 bits per heavy atom. The molecule has 0 bridgehead atoms. The first-order valence-electron chi connectivity index (χ1n) is 15.6. The summed E-state index contributed by atoms with van der Waals surface area (Å²) < 4.78 is 31.8. The number of hydrogen-bond donors (Lipinski definition) is 0. The highest BCUT2D eigenvalue weighted by Gasteiger charge is 2.54. The van der Waals surface area contributed by atoms with Crippen LogP contribution in [0.25, 0.3) is 0 Å². The number of likely N-dealkylation sites (tertiary alicyclic amines) is 1. The van der Waals surface area contributed by atoms with Crippen molar-refractivity contribution in [2.45, 2.75) is 50.4 Å². The number of halogens is 1. The summed E-state index contributed by atoms with van der Waals surface area (Å²) in [5, 5.41) is 7.96. The topological polar surface area (TPSA) is 106 Å². The molecule has 11 nitrogen and oxygen atoms in total. The molecule has 4 aliphatic heterocycles. The monoisotopic (exact) mass is 601 g/mol. The van der Waals surface area contributed by atoms with Crippen LogP contribution in [0.2, 0.25) is 0 Å². The summed E-state index contributed by atoms with van der Waals surface area (Å²) in [4.78, 5) is 27.7. The molecule has 230 valence electrons. The predicted molar refractivity (Wildman–Crippen MR) is 158 cm³/mol. The van der Waals surface area contributed by atoms with E-state index >= 15 is 0 Å². The number of carbonyl (C=O) groups is 1. The standard InChI is InChI=1S/C32H36FN7O4/c33-23-2-3-27(22(12-23)16-41)44-30-29(35-21-36-37-30)40-17-31(18-40)13-24(14-31)43-28-4-7-34-26-5-10-38(15-25(26)28)8-1-9-39-19-32(20-39)6-11-42-32/h2-4,7,12,16,21,24H,1,5-6,8-11,13-15,17-20H2. The highest BCUT2D eigenvalue weighted by molar-refractivity contribution is 5.79. The zero-order valence-electron chi connectivity index (χ0n) is 24.7. The third-order valence-electron chi connectivity index (χ3n) is 9.93. The van der Waals surface area contributed by atoms with Crippen molar-refractivity contribution in [3.05, 3.63) is 59.4 Å². The maximum atomic E-state index is 13.6. The van der Waals surface area contributed by atoms with E-state index in [0.29, 0.717) is 12.1 Å². The fourth-order valence-electron chi connectivity index (χ4n) is 7.54. The number of aldehydes is 1. The van der Waals surface area contributed by atoms with Crippen molar-refractivity contribution in [2.75, 3.05) is 57.3 Å². The van der Waals surface area contributed by atoms with Crippen molar-refractivity contribution in [3.8, 4) is 17.4 Å². The molecule has 5 aliphatic rings. The van der Waals surface area contributed by atoms with Gasteiger partial charge in [0.05, 0.1) is 17.8 Å². The Hall–Kier alpha value is -3.74. The van der Waals surface area contributed by atoms with Crippen LogP contribution in [0.3, 0.4) is 0 Å². The molecule has 6 heterocycles. The van der Waals surface area contributed by atoms with Crippen LogP contribution >= 0.6 is 0 Å². The summed E-state index contributed by atoms with van der Waals surface area (Å²) in [6.45, 7) is 8.89. The smallest absolute Gasteiger partial charge is 0.282 e. The van der Waals surface area contributed by atoms with Gasteiger partial charge in [0.1, 0.15) is 29.7 Å². The van der Waals surface area contributed by atoms with E-state index in [4.69, 9.17) is 14.2 Å². The minimum atomic E-state index is -0.511. The molecule has 0 radical (unpaired) electrons. The number of hydrogen-bond acceptors (Lipinski definition) is 11. The number of fused-ring (bicyclic) bond motifs is 1. The molecule has 1 aliphatic carbocycles. The second kappa shape index (κ2) is 11.0. The summed E-state index contributed by atoms with van der Waals surface area (Å²) in [6, 6.07) is 5.81. The minimum absolute atomic E-state index is 0.103. The Balaban J connectivity index is 0.840. The number of anilines is 1. The van der Waals surface area contributed by atoms with Gasteiger partial charge in [0.2, 0.25) is 0 Å². The molecule has 1 saturated carbocycles. The second-order valence-electron chi connectivity index (χ2n) is 13.1. The lowest BCUT2D eigenvalue weighted by Crippen LogP contribution is -2.68. The van der Waals surface area contributed by atoms with E-state index in [1.807, 2.05) is 12.3 Å². The van der Waals surface area contributed by atoms with E-state index in [1.165, 1.54) is 36.9 Å². The molecule has 12 heteroatoms. The Labute approximate surface area is 255 Å². The van der Waals surface area contributed by atoms with Gasteiger partial charge in [0.15, 0.2) is 12.1 Å². The number of ether oxygens (including phenoxy) is 3. The SMILES string of the molecule is O=Cc1cc(F)ccc1Oc1nncnc1N1CC2(CC(Oc3ccnc4c3CN(CCCN3CC5(CCO5)C3)CC4)C2)C1. The Bertz CT molecular complexity index is 1550. The van der Waals surface area contributed by atoms with Crippen LogP contribution in [0.5, 0.6) is 17.4 Å². The maximum Gasteiger partial charge on any atom is 0.282 e. The van der Waals surface area contributed by atoms with Crippen LogP contribution < -0.4 is 14.4 Å². The number of nitrogens with zero attached hydrogens (tertiary/aromatic N) is 7. The number of carbonyl (C=O) groups excluding carboxylic acids is 1. The molecule has 2 spiro atoms. The summed E-state index contributed by atoms with van der Waals surface area (Å²) >= 11 is 0. The molecule has 8 rings (SSSR count). The first-order chi connectivity index (χ1) is 21.5. The first kappa shape index (κ1) is 27.8. The third kappa shape index (κ3) is 5.18. The van der Waals surface area contributed by atoms with Crippen LogP contribution in [0.1, 0.15) is 47.3 Å². The van der Waals surface area contributed by atoms with Gasteiger partial charge in [0, 0.05) is 75.0 Å². The predicted octanol–water partition coefficient (Wildman–Crippen LogP) is 3.28. The summed E-state index contributed by atoms with van der Waals surface area (Å²) in [5.41, 5.74) is 2.88. The lowest BCUT2D eigenvalue weighted by atomic mass is 9.61. The second-order valence-corrected chi connectivity index (χ2v) is 13.1. The average molecular weight is 602 g/mol. The molecule has 0 N–H and O–H groups in total. The quantitative estimate of drug-likeness (QED) is 0.320. The highest BCUT2D eigenvalue weighted by atomic mass is 19.1. The van der Waals surface area contributed by atoms with E-state index in [-0.39, 0.29) is 34.3 Å². The Morgan fingerprint density at radius 2 is 1.91 bits per heavy atom. The lowest BCUT2D eigenvalue weighted by molar-refractivity contribution is -0.221. The largest absolute Gasteiger partial charge is 0.490 e. The van der Waals surface area contributed by atoms with Gasteiger partial charge < -0.3 is 19.1 Å². The van der Waals surface area contributed by atoms with Crippen LogP contribution in [0, 0.1) is 11.2 Å². The average Bonchev–Trinajstić information content (AvgIpc) is 2.95. The highest BCUT2D eigenvalue weighted by Crippen LogP contribution is 2.52. The van der Waals surface area contributed by atoms with Crippen LogP contribution in [0.15, 0.2) is 36.8 Å². The van der Waals surface area contributed by atoms with Crippen molar-refractivity contribution < 1.29 is 23.4 Å². The van der Waals surface area contributed by atoms with Crippen molar-refractivity contribution in [3.63, 3.8) is 0 Å². The molecular weight excluding hydrogens is 565 g/mol. The van der Waals surface area contributed by atoms with Gasteiger partial charge >= 0.3 is 0 Å². The normalized spacial score (nSPS) is 22.0. The zero-order valence-corrected chi connectivity index (χ0v) is 24.7. The zero-order chi connectivity index (χ0) is 29.7. The number of benzene rings is 1. The molecule has 4 fully saturated rings. The van der Waals surface area contributed by atoms with Gasteiger partial charge in [0.25, 0.3) is 5.88 Å². The molecule has 3 saturated heterocycles. The van der Waals surface area contributed by atoms with Crippen molar-refractivity contribution in [2.24, 2.45) is 5.41 Å². The van der Waals surface area contributed by atoms with Crippen molar-refractivity contribution in [1.29, 1.82) is 0 Å². The Kier molecular flexibility index (Phi) is 6.95. The van der Waals surface area contributed by atoms with Crippen molar-refractivity contribution in [1.82, 2.24) is 30.0 Å². The van der Waals surface area contributed by atoms with Crippen LogP contribution in [-0.2, 0) is 17.7 Å².